The van der Waals surface area contributed by atoms with Gasteiger partial charge in [-0.2, -0.15) is 0 Å². The third-order valence-electron chi connectivity index (χ3n) is 6.70. The molecule has 30 heavy (non-hydrogen) atoms. The number of halogens is 1. The number of carbonyl (C=O) groups excluding carboxylic acids is 2. The van der Waals surface area contributed by atoms with Crippen LogP contribution < -0.4 is 5.73 Å². The van der Waals surface area contributed by atoms with E-state index in [1.807, 2.05) is 23.1 Å². The van der Waals surface area contributed by atoms with Gasteiger partial charge in [0.2, 0.25) is 5.91 Å². The van der Waals surface area contributed by atoms with Crippen LogP contribution >= 0.6 is 15.9 Å². The lowest BCUT2D eigenvalue weighted by Crippen LogP contribution is -2.52. The average molecular weight is 476 g/mol. The molecule has 1 aliphatic heterocycles. The van der Waals surface area contributed by atoms with Crippen LogP contribution in [0.1, 0.15) is 51.0 Å². The van der Waals surface area contributed by atoms with E-state index in [-0.39, 0.29) is 29.9 Å². The van der Waals surface area contributed by atoms with Crippen molar-refractivity contribution in [2.45, 2.75) is 70.1 Å². The van der Waals surface area contributed by atoms with E-state index in [0.29, 0.717) is 19.4 Å². The molecule has 1 amide bonds. The number of hydrogen-bond acceptors (Lipinski definition) is 4. The van der Waals surface area contributed by atoms with Crippen molar-refractivity contribution in [3.63, 3.8) is 0 Å². The summed E-state index contributed by atoms with van der Waals surface area (Å²) in [5.41, 5.74) is 8.60. The Kier molecular flexibility index (Phi) is 6.48. The first-order chi connectivity index (χ1) is 14.5. The van der Waals surface area contributed by atoms with Crippen LogP contribution in [0, 0.1) is 5.92 Å². The smallest absolute Gasteiger partial charge is 0.302 e. The molecule has 2 fully saturated rings. The van der Waals surface area contributed by atoms with Gasteiger partial charge in [-0.15, -0.1) is 0 Å². The molecule has 2 aliphatic rings. The van der Waals surface area contributed by atoms with Gasteiger partial charge in [-0.05, 0) is 52.7 Å². The monoisotopic (exact) mass is 475 g/mol. The molecule has 7 heteroatoms. The van der Waals surface area contributed by atoms with E-state index >= 15 is 0 Å². The highest BCUT2D eigenvalue weighted by Gasteiger charge is 2.42. The lowest BCUT2D eigenvalue weighted by Gasteiger charge is -2.33. The van der Waals surface area contributed by atoms with Crippen LogP contribution in [0.25, 0.3) is 10.9 Å². The molecular weight excluding hydrogens is 446 g/mol. The molecule has 4 rings (SSSR count). The Morgan fingerprint density at radius 3 is 2.70 bits per heavy atom. The molecule has 0 bridgehead atoms. The normalized spacial score (nSPS) is 23.6. The lowest BCUT2D eigenvalue weighted by atomic mass is 9.83. The van der Waals surface area contributed by atoms with Crippen molar-refractivity contribution in [1.82, 2.24) is 9.88 Å². The van der Waals surface area contributed by atoms with E-state index in [0.717, 1.165) is 46.8 Å². The van der Waals surface area contributed by atoms with Crippen LogP contribution in [0.3, 0.4) is 0 Å². The zero-order chi connectivity index (χ0) is 21.3. The van der Waals surface area contributed by atoms with E-state index in [9.17, 15) is 9.59 Å². The summed E-state index contributed by atoms with van der Waals surface area (Å²) in [4.78, 5) is 30.4. The number of amides is 1. The van der Waals surface area contributed by atoms with Crippen molar-refractivity contribution >= 4 is 38.7 Å². The van der Waals surface area contributed by atoms with Gasteiger partial charge in [-0.25, -0.2) is 0 Å². The number of aromatic amines is 1. The van der Waals surface area contributed by atoms with Gasteiger partial charge in [0.1, 0.15) is 6.10 Å². The van der Waals surface area contributed by atoms with Gasteiger partial charge in [0.25, 0.3) is 0 Å². The van der Waals surface area contributed by atoms with Crippen LogP contribution in [0.5, 0.6) is 0 Å². The standard InChI is InChI=1S/C23H30BrN3O3/c1-14(28)30-20-11-12-27(23(29)21(25)15-7-3-2-4-8-15)19(20)13-17-16-9-5-6-10-18(16)26-22(17)24/h5-6,9-10,15,19-21,26H,2-4,7-8,11-13,25H2,1H3. The van der Waals surface area contributed by atoms with Crippen molar-refractivity contribution in [2.75, 3.05) is 6.54 Å². The van der Waals surface area contributed by atoms with Crippen molar-refractivity contribution in [2.24, 2.45) is 11.7 Å². The molecule has 2 heterocycles. The third-order valence-corrected chi connectivity index (χ3v) is 7.38. The fourth-order valence-corrected chi connectivity index (χ4v) is 5.74. The summed E-state index contributed by atoms with van der Waals surface area (Å²) < 4.78 is 6.53. The van der Waals surface area contributed by atoms with E-state index in [1.54, 1.807) is 0 Å². The van der Waals surface area contributed by atoms with Gasteiger partial charge in [0.05, 0.1) is 16.7 Å². The first kappa shape index (κ1) is 21.4. The quantitative estimate of drug-likeness (QED) is 0.641. The summed E-state index contributed by atoms with van der Waals surface area (Å²) in [6.45, 7) is 2.00. The Morgan fingerprint density at radius 1 is 1.23 bits per heavy atom. The highest BCUT2D eigenvalue weighted by molar-refractivity contribution is 9.10. The summed E-state index contributed by atoms with van der Waals surface area (Å²) in [5.74, 6) is -0.0640. The zero-order valence-corrected chi connectivity index (χ0v) is 19.0. The number of fused-ring (bicyclic) bond motifs is 1. The number of carbonyl (C=O) groups is 2. The maximum absolute atomic E-state index is 13.4. The largest absolute Gasteiger partial charge is 0.460 e. The van der Waals surface area contributed by atoms with Gasteiger partial charge < -0.3 is 20.4 Å². The number of benzene rings is 1. The van der Waals surface area contributed by atoms with Crippen LogP contribution in [-0.4, -0.2) is 46.5 Å². The predicted octanol–water partition coefficient (Wildman–Crippen LogP) is 3.91. The molecule has 3 unspecified atom stereocenters. The first-order valence-corrected chi connectivity index (χ1v) is 11.7. The van der Waals surface area contributed by atoms with Crippen molar-refractivity contribution in [1.29, 1.82) is 0 Å². The molecule has 1 aromatic heterocycles. The topological polar surface area (TPSA) is 88.4 Å². The molecule has 6 nitrogen and oxygen atoms in total. The maximum atomic E-state index is 13.4. The van der Waals surface area contributed by atoms with Crippen molar-refractivity contribution in [3.05, 3.63) is 34.4 Å². The first-order valence-electron chi connectivity index (χ1n) is 10.9. The number of nitrogens with two attached hydrogens (primary N) is 1. The number of likely N-dealkylation sites (tertiary alicyclic amines) is 1. The summed E-state index contributed by atoms with van der Waals surface area (Å²) in [5, 5.41) is 1.11. The van der Waals surface area contributed by atoms with Gasteiger partial charge in [-0.1, -0.05) is 37.5 Å². The Hall–Kier alpha value is -1.86. The zero-order valence-electron chi connectivity index (χ0n) is 17.4. The van der Waals surface area contributed by atoms with E-state index in [2.05, 4.69) is 27.0 Å². The number of ether oxygens (including phenoxy) is 1. The molecule has 1 aromatic carbocycles. The summed E-state index contributed by atoms with van der Waals surface area (Å²) in [6, 6.07) is 7.41. The fraction of sp³-hybridized carbons (Fsp3) is 0.565. The van der Waals surface area contributed by atoms with Crippen molar-refractivity contribution < 1.29 is 14.3 Å². The van der Waals surface area contributed by atoms with Gasteiger partial charge in [0, 0.05) is 30.8 Å². The van der Waals surface area contributed by atoms with Crippen molar-refractivity contribution in [3.8, 4) is 0 Å². The SMILES string of the molecule is CC(=O)OC1CCN(C(=O)C(N)C2CCCCC2)C1Cc1c(Br)[nH]c2ccccc12. The molecule has 3 N–H and O–H groups in total. The van der Waals surface area contributed by atoms with Gasteiger partial charge >= 0.3 is 5.97 Å². The van der Waals surface area contributed by atoms with Crippen LogP contribution in [0.4, 0.5) is 0 Å². The Balaban J connectivity index is 1.60. The molecule has 3 atom stereocenters. The van der Waals surface area contributed by atoms with E-state index in [4.69, 9.17) is 10.5 Å². The average Bonchev–Trinajstić information content (AvgIpc) is 3.28. The van der Waals surface area contributed by atoms with Crippen LogP contribution in [0.15, 0.2) is 28.9 Å². The molecular formula is C23H30BrN3O3. The highest BCUT2D eigenvalue weighted by Crippen LogP contribution is 2.34. The predicted molar refractivity (Wildman–Crippen MR) is 120 cm³/mol. The number of nitrogens with zero attached hydrogens (tertiary/aromatic N) is 1. The van der Waals surface area contributed by atoms with E-state index < -0.39 is 6.04 Å². The number of esters is 1. The molecule has 0 spiro atoms. The summed E-state index contributed by atoms with van der Waals surface area (Å²) in [7, 11) is 0. The second kappa shape index (κ2) is 9.10. The number of nitrogens with one attached hydrogen (secondary N) is 1. The molecule has 162 valence electrons. The lowest BCUT2D eigenvalue weighted by molar-refractivity contribution is -0.149. The minimum absolute atomic E-state index is 0.00230. The molecule has 1 saturated carbocycles. The van der Waals surface area contributed by atoms with Gasteiger partial charge in [0.15, 0.2) is 0 Å². The Bertz CT molecular complexity index is 922. The number of para-hydroxylation sites is 1. The number of rotatable bonds is 5. The molecule has 1 aliphatic carbocycles. The van der Waals surface area contributed by atoms with Crippen LogP contribution in [0.2, 0.25) is 0 Å². The second-order valence-electron chi connectivity index (χ2n) is 8.63. The number of hydrogen-bond donors (Lipinski definition) is 2. The minimum Gasteiger partial charge on any atom is -0.460 e. The molecule has 1 saturated heterocycles. The number of H-pyrrole nitrogens is 1. The molecule has 0 radical (unpaired) electrons. The Labute approximate surface area is 185 Å². The molecule has 2 aromatic rings. The highest BCUT2D eigenvalue weighted by atomic mass is 79.9. The van der Waals surface area contributed by atoms with Crippen LogP contribution in [-0.2, 0) is 20.7 Å². The van der Waals surface area contributed by atoms with Gasteiger partial charge in [-0.3, -0.25) is 9.59 Å². The number of aromatic nitrogens is 1. The second-order valence-corrected chi connectivity index (χ2v) is 9.42. The summed E-state index contributed by atoms with van der Waals surface area (Å²) >= 11 is 3.64. The van der Waals surface area contributed by atoms with E-state index in [1.165, 1.54) is 13.3 Å². The minimum atomic E-state index is -0.477. The fourth-order valence-electron chi connectivity index (χ4n) is 5.15. The maximum Gasteiger partial charge on any atom is 0.302 e. The third kappa shape index (κ3) is 4.28. The Morgan fingerprint density at radius 2 is 1.97 bits per heavy atom. The summed E-state index contributed by atoms with van der Waals surface area (Å²) in [6.07, 6.45) is 6.50.